The molecular weight excluding hydrogens is 248 g/mol. The van der Waals surface area contributed by atoms with E-state index in [9.17, 15) is 9.59 Å². The minimum atomic E-state index is -0.923. The quantitative estimate of drug-likeness (QED) is 0.704. The highest BCUT2D eigenvalue weighted by Crippen LogP contribution is 2.13. The average molecular weight is 272 g/mol. The highest BCUT2D eigenvalue weighted by atomic mass is 16.5. The van der Waals surface area contributed by atoms with Gasteiger partial charge in [-0.15, -0.1) is 0 Å². The van der Waals surface area contributed by atoms with Gasteiger partial charge < -0.3 is 20.1 Å². The molecule has 2 N–H and O–H groups in total. The van der Waals surface area contributed by atoms with E-state index in [1.807, 2.05) is 13.8 Å². The van der Waals surface area contributed by atoms with Gasteiger partial charge in [0.2, 0.25) is 5.91 Å². The summed E-state index contributed by atoms with van der Waals surface area (Å²) in [7, 11) is 0. The number of piperidine rings is 1. The molecule has 1 aliphatic rings. The topological polar surface area (TPSA) is 78.9 Å². The molecule has 0 aliphatic carbocycles. The summed E-state index contributed by atoms with van der Waals surface area (Å²) in [4.78, 5) is 24.1. The van der Waals surface area contributed by atoms with Crippen LogP contribution in [0.4, 0.5) is 0 Å². The normalized spacial score (nSPS) is 17.6. The average Bonchev–Trinajstić information content (AvgIpc) is 2.34. The van der Waals surface area contributed by atoms with Gasteiger partial charge >= 0.3 is 5.97 Å². The highest BCUT2D eigenvalue weighted by Gasteiger charge is 2.20. The lowest BCUT2D eigenvalue weighted by Crippen LogP contribution is -2.40. The molecule has 1 heterocycles. The van der Waals surface area contributed by atoms with Gasteiger partial charge in [0.1, 0.15) is 6.61 Å². The standard InChI is InChI=1S/C13H24N2O4/c1-10(2)14-12(16)5-8-15-6-3-11(4-7-15)19-9-13(17)18/h10-11H,3-9H2,1-2H3,(H,14,16)(H,17,18). The molecule has 1 saturated heterocycles. The van der Waals surface area contributed by atoms with Crippen LogP contribution in [0.3, 0.4) is 0 Å². The van der Waals surface area contributed by atoms with Crippen LogP contribution in [-0.4, -0.2) is 60.3 Å². The van der Waals surface area contributed by atoms with E-state index in [2.05, 4.69) is 10.2 Å². The molecule has 110 valence electrons. The summed E-state index contributed by atoms with van der Waals surface area (Å²) in [6, 6.07) is 0.183. The molecule has 0 spiro atoms. The SMILES string of the molecule is CC(C)NC(=O)CCN1CCC(OCC(=O)O)CC1. The second-order valence-electron chi connectivity index (χ2n) is 5.22. The molecule has 1 fully saturated rings. The molecule has 6 nitrogen and oxygen atoms in total. The fraction of sp³-hybridized carbons (Fsp3) is 0.846. The Morgan fingerprint density at radius 3 is 2.53 bits per heavy atom. The number of carboxylic acid groups (broad SMARTS) is 1. The van der Waals surface area contributed by atoms with E-state index in [1.54, 1.807) is 0 Å². The first-order chi connectivity index (χ1) is 8.97. The molecule has 0 atom stereocenters. The molecule has 0 aromatic rings. The van der Waals surface area contributed by atoms with Crippen LogP contribution in [0.2, 0.25) is 0 Å². The number of rotatable bonds is 7. The predicted molar refractivity (Wildman–Crippen MR) is 70.9 cm³/mol. The van der Waals surface area contributed by atoms with E-state index in [0.29, 0.717) is 6.42 Å². The van der Waals surface area contributed by atoms with Gasteiger partial charge in [-0.1, -0.05) is 0 Å². The van der Waals surface area contributed by atoms with Crippen molar-refractivity contribution in [1.82, 2.24) is 10.2 Å². The maximum absolute atomic E-state index is 11.5. The second-order valence-corrected chi connectivity index (χ2v) is 5.22. The van der Waals surface area contributed by atoms with E-state index in [1.165, 1.54) is 0 Å². The zero-order valence-corrected chi connectivity index (χ0v) is 11.7. The molecule has 1 rings (SSSR count). The largest absolute Gasteiger partial charge is 0.480 e. The molecule has 0 aromatic heterocycles. The Hall–Kier alpha value is -1.14. The van der Waals surface area contributed by atoms with Gasteiger partial charge in [-0.25, -0.2) is 4.79 Å². The lowest BCUT2D eigenvalue weighted by molar-refractivity contribution is -0.145. The summed E-state index contributed by atoms with van der Waals surface area (Å²) < 4.78 is 5.27. The predicted octanol–water partition coefficient (Wildman–Crippen LogP) is 0.467. The maximum atomic E-state index is 11.5. The van der Waals surface area contributed by atoms with Gasteiger partial charge in [0.25, 0.3) is 0 Å². The van der Waals surface area contributed by atoms with Gasteiger partial charge in [0.15, 0.2) is 0 Å². The van der Waals surface area contributed by atoms with Gasteiger partial charge in [-0.3, -0.25) is 4.79 Å². The van der Waals surface area contributed by atoms with Crippen LogP contribution in [0.1, 0.15) is 33.1 Å². The summed E-state index contributed by atoms with van der Waals surface area (Å²) in [6.45, 7) is 6.15. The van der Waals surface area contributed by atoms with Gasteiger partial charge in [0, 0.05) is 32.1 Å². The van der Waals surface area contributed by atoms with Crippen molar-refractivity contribution in [2.75, 3.05) is 26.2 Å². The minimum absolute atomic E-state index is 0.0387. The van der Waals surface area contributed by atoms with Crippen LogP contribution in [-0.2, 0) is 14.3 Å². The number of nitrogens with zero attached hydrogens (tertiary/aromatic N) is 1. The Labute approximate surface area is 114 Å². The third kappa shape index (κ3) is 7.12. The summed E-state index contributed by atoms with van der Waals surface area (Å²) in [6.07, 6.45) is 2.22. The summed E-state index contributed by atoms with van der Waals surface area (Å²) in [5.74, 6) is -0.841. The number of likely N-dealkylation sites (tertiary alicyclic amines) is 1. The van der Waals surface area contributed by atoms with Crippen molar-refractivity contribution in [1.29, 1.82) is 0 Å². The van der Waals surface area contributed by atoms with Crippen molar-refractivity contribution in [3.8, 4) is 0 Å². The number of hydrogen-bond acceptors (Lipinski definition) is 4. The Balaban J connectivity index is 2.13. The Morgan fingerprint density at radius 2 is 2.00 bits per heavy atom. The fourth-order valence-electron chi connectivity index (χ4n) is 2.14. The Kier molecular flexibility index (Phi) is 6.80. The first kappa shape index (κ1) is 15.9. The molecule has 0 saturated carbocycles. The smallest absolute Gasteiger partial charge is 0.329 e. The number of hydrogen-bond donors (Lipinski definition) is 2. The molecular formula is C13H24N2O4. The van der Waals surface area contributed by atoms with E-state index in [0.717, 1.165) is 32.5 Å². The minimum Gasteiger partial charge on any atom is -0.480 e. The highest BCUT2D eigenvalue weighted by molar-refractivity contribution is 5.76. The molecule has 1 aliphatic heterocycles. The first-order valence-corrected chi connectivity index (χ1v) is 6.82. The van der Waals surface area contributed by atoms with Crippen LogP contribution in [0.15, 0.2) is 0 Å². The number of carboxylic acids is 1. The van der Waals surface area contributed by atoms with E-state index in [-0.39, 0.29) is 24.7 Å². The second kappa shape index (κ2) is 8.12. The lowest BCUT2D eigenvalue weighted by atomic mass is 10.1. The monoisotopic (exact) mass is 272 g/mol. The Morgan fingerprint density at radius 1 is 1.37 bits per heavy atom. The van der Waals surface area contributed by atoms with Gasteiger partial charge in [-0.2, -0.15) is 0 Å². The van der Waals surface area contributed by atoms with Gasteiger partial charge in [-0.05, 0) is 26.7 Å². The van der Waals surface area contributed by atoms with Crippen molar-refractivity contribution in [2.24, 2.45) is 0 Å². The number of ether oxygens (including phenoxy) is 1. The van der Waals surface area contributed by atoms with Crippen LogP contribution < -0.4 is 5.32 Å². The summed E-state index contributed by atoms with van der Waals surface area (Å²) >= 11 is 0. The number of carbonyl (C=O) groups is 2. The van der Waals surface area contributed by atoms with Gasteiger partial charge in [0.05, 0.1) is 6.10 Å². The van der Waals surface area contributed by atoms with Crippen LogP contribution in [0, 0.1) is 0 Å². The van der Waals surface area contributed by atoms with E-state index in [4.69, 9.17) is 9.84 Å². The molecule has 0 radical (unpaired) electrons. The Bertz CT molecular complexity index is 299. The first-order valence-electron chi connectivity index (χ1n) is 6.82. The molecule has 1 amide bonds. The number of amides is 1. The van der Waals surface area contributed by atoms with E-state index >= 15 is 0 Å². The summed E-state index contributed by atoms with van der Waals surface area (Å²) in [5.41, 5.74) is 0. The van der Waals surface area contributed by atoms with Crippen molar-refractivity contribution in [2.45, 2.75) is 45.3 Å². The van der Waals surface area contributed by atoms with E-state index < -0.39 is 5.97 Å². The zero-order valence-electron chi connectivity index (χ0n) is 11.7. The molecule has 0 aromatic carbocycles. The third-order valence-electron chi connectivity index (χ3n) is 3.08. The third-order valence-corrected chi connectivity index (χ3v) is 3.08. The van der Waals surface area contributed by atoms with Crippen molar-refractivity contribution in [3.05, 3.63) is 0 Å². The zero-order chi connectivity index (χ0) is 14.3. The van der Waals surface area contributed by atoms with Crippen molar-refractivity contribution < 1.29 is 19.4 Å². The molecule has 6 heteroatoms. The maximum Gasteiger partial charge on any atom is 0.329 e. The summed E-state index contributed by atoms with van der Waals surface area (Å²) in [5, 5.41) is 11.4. The molecule has 0 bridgehead atoms. The van der Waals surface area contributed by atoms with Crippen molar-refractivity contribution >= 4 is 11.9 Å². The number of aliphatic carboxylic acids is 1. The van der Waals surface area contributed by atoms with Crippen molar-refractivity contribution in [3.63, 3.8) is 0 Å². The van der Waals surface area contributed by atoms with Crippen LogP contribution in [0.25, 0.3) is 0 Å². The van der Waals surface area contributed by atoms with Crippen LogP contribution >= 0.6 is 0 Å². The lowest BCUT2D eigenvalue weighted by Gasteiger charge is -2.31. The fourth-order valence-corrected chi connectivity index (χ4v) is 2.14. The molecule has 0 unspecified atom stereocenters. The number of carbonyl (C=O) groups excluding carboxylic acids is 1. The van der Waals surface area contributed by atoms with Crippen LogP contribution in [0.5, 0.6) is 0 Å². The number of nitrogens with one attached hydrogen (secondary N) is 1. The molecule has 19 heavy (non-hydrogen) atoms.